The fraction of sp³-hybridized carbons (Fsp3) is 0.316. The van der Waals surface area contributed by atoms with E-state index in [9.17, 15) is 14.3 Å². The summed E-state index contributed by atoms with van der Waals surface area (Å²) in [5.74, 6) is -0.978. The fourth-order valence-corrected chi connectivity index (χ4v) is 2.53. The van der Waals surface area contributed by atoms with Crippen LogP contribution in [0.3, 0.4) is 0 Å². The highest BCUT2D eigenvalue weighted by Gasteiger charge is 2.17. The molecule has 0 spiro atoms. The van der Waals surface area contributed by atoms with Crippen LogP contribution in [0.5, 0.6) is 17.2 Å². The standard InChI is InChI=1S/C19H21FO6/c1-24-15-9-7-12(10-17(15)25-2)6-8-14(21)13-4-3-5-16(19(13)20)26-11-18(22)23/h3-5,7,9-10,14,21H,6,8,11H2,1-2H3,(H,22,23). The highest BCUT2D eigenvalue weighted by molar-refractivity contribution is 5.68. The highest BCUT2D eigenvalue weighted by atomic mass is 19.1. The topological polar surface area (TPSA) is 85.2 Å². The molecule has 2 aromatic rings. The molecule has 0 saturated carbocycles. The van der Waals surface area contributed by atoms with Crippen LogP contribution in [0, 0.1) is 5.82 Å². The van der Waals surface area contributed by atoms with E-state index >= 15 is 0 Å². The molecule has 0 amide bonds. The first-order chi connectivity index (χ1) is 12.5. The second-order valence-corrected chi connectivity index (χ2v) is 5.59. The lowest BCUT2D eigenvalue weighted by Gasteiger charge is -2.15. The highest BCUT2D eigenvalue weighted by Crippen LogP contribution is 2.31. The molecule has 0 saturated heterocycles. The van der Waals surface area contributed by atoms with Crippen molar-refractivity contribution in [3.63, 3.8) is 0 Å². The van der Waals surface area contributed by atoms with E-state index in [0.717, 1.165) is 5.56 Å². The van der Waals surface area contributed by atoms with Gasteiger partial charge in [0.25, 0.3) is 0 Å². The molecular weight excluding hydrogens is 343 g/mol. The van der Waals surface area contributed by atoms with Crippen molar-refractivity contribution in [3.05, 3.63) is 53.3 Å². The maximum Gasteiger partial charge on any atom is 0.341 e. The first-order valence-corrected chi connectivity index (χ1v) is 7.98. The molecule has 2 aromatic carbocycles. The number of carboxylic acid groups (broad SMARTS) is 1. The lowest BCUT2D eigenvalue weighted by molar-refractivity contribution is -0.139. The molecule has 0 radical (unpaired) electrons. The molecule has 7 heteroatoms. The Morgan fingerprint density at radius 2 is 1.85 bits per heavy atom. The zero-order valence-electron chi connectivity index (χ0n) is 14.6. The molecular formula is C19H21FO6. The lowest BCUT2D eigenvalue weighted by atomic mass is 10.0. The van der Waals surface area contributed by atoms with E-state index in [-0.39, 0.29) is 17.7 Å². The van der Waals surface area contributed by atoms with Crippen LogP contribution in [0.25, 0.3) is 0 Å². The van der Waals surface area contributed by atoms with Crippen LogP contribution in [0.2, 0.25) is 0 Å². The van der Waals surface area contributed by atoms with Crippen molar-refractivity contribution in [3.8, 4) is 17.2 Å². The average molecular weight is 364 g/mol. The number of aryl methyl sites for hydroxylation is 1. The number of hydrogen-bond acceptors (Lipinski definition) is 5. The van der Waals surface area contributed by atoms with Crippen LogP contribution in [0.15, 0.2) is 36.4 Å². The quantitative estimate of drug-likeness (QED) is 0.712. The van der Waals surface area contributed by atoms with Gasteiger partial charge in [-0.3, -0.25) is 0 Å². The van der Waals surface area contributed by atoms with Crippen molar-refractivity contribution in [1.82, 2.24) is 0 Å². The zero-order valence-corrected chi connectivity index (χ0v) is 14.6. The number of carbonyl (C=O) groups is 1. The van der Waals surface area contributed by atoms with Gasteiger partial charge >= 0.3 is 5.97 Å². The van der Waals surface area contributed by atoms with Crippen LogP contribution in [-0.2, 0) is 11.2 Å². The summed E-state index contributed by atoms with van der Waals surface area (Å²) in [6.07, 6.45) is -0.299. The van der Waals surface area contributed by atoms with E-state index < -0.39 is 24.5 Å². The summed E-state index contributed by atoms with van der Waals surface area (Å²) < 4.78 is 29.7. The van der Waals surface area contributed by atoms with Gasteiger partial charge in [0, 0.05) is 5.56 Å². The normalized spacial score (nSPS) is 11.7. The van der Waals surface area contributed by atoms with Crippen molar-refractivity contribution < 1.29 is 33.6 Å². The Labute approximate surface area is 150 Å². The average Bonchev–Trinajstić information content (AvgIpc) is 2.64. The molecule has 0 bridgehead atoms. The van der Waals surface area contributed by atoms with Gasteiger partial charge in [0.05, 0.1) is 20.3 Å². The molecule has 6 nitrogen and oxygen atoms in total. The Bertz CT molecular complexity index is 762. The Balaban J connectivity index is 2.07. The predicted octanol–water partition coefficient (Wildman–Crippen LogP) is 2.97. The summed E-state index contributed by atoms with van der Waals surface area (Å²) in [5.41, 5.74) is 0.966. The number of aliphatic hydroxyl groups excluding tert-OH is 1. The first kappa shape index (κ1) is 19.5. The number of carboxylic acids is 1. The van der Waals surface area contributed by atoms with E-state index in [1.807, 2.05) is 6.07 Å². The molecule has 140 valence electrons. The van der Waals surface area contributed by atoms with E-state index in [1.165, 1.54) is 25.3 Å². The third kappa shape index (κ3) is 4.86. The van der Waals surface area contributed by atoms with Crippen molar-refractivity contribution in [2.75, 3.05) is 20.8 Å². The minimum atomic E-state index is -1.20. The van der Waals surface area contributed by atoms with Gasteiger partial charge in [-0.2, -0.15) is 0 Å². The van der Waals surface area contributed by atoms with Crippen LogP contribution in [0.4, 0.5) is 4.39 Å². The summed E-state index contributed by atoms with van der Waals surface area (Å²) in [6.45, 7) is -0.651. The summed E-state index contributed by atoms with van der Waals surface area (Å²) in [6, 6.07) is 9.69. The minimum Gasteiger partial charge on any atom is -0.493 e. The molecule has 0 aliphatic carbocycles. The van der Waals surface area contributed by atoms with Gasteiger partial charge < -0.3 is 24.4 Å². The first-order valence-electron chi connectivity index (χ1n) is 7.98. The predicted molar refractivity (Wildman–Crippen MR) is 92.4 cm³/mol. The molecule has 2 rings (SSSR count). The number of hydrogen-bond donors (Lipinski definition) is 2. The summed E-state index contributed by atoms with van der Waals surface area (Å²) >= 11 is 0. The lowest BCUT2D eigenvalue weighted by Crippen LogP contribution is -2.11. The molecule has 26 heavy (non-hydrogen) atoms. The smallest absolute Gasteiger partial charge is 0.341 e. The SMILES string of the molecule is COc1ccc(CCC(O)c2cccc(OCC(=O)O)c2F)cc1OC. The number of ether oxygens (including phenoxy) is 3. The molecule has 0 aliphatic rings. The van der Waals surface area contributed by atoms with Gasteiger partial charge in [-0.1, -0.05) is 18.2 Å². The number of halogens is 1. The number of methoxy groups -OCH3 is 2. The molecule has 1 unspecified atom stereocenters. The van der Waals surface area contributed by atoms with Crippen LogP contribution < -0.4 is 14.2 Å². The molecule has 0 aliphatic heterocycles. The fourth-order valence-electron chi connectivity index (χ4n) is 2.53. The maximum atomic E-state index is 14.4. The third-order valence-corrected chi connectivity index (χ3v) is 3.86. The summed E-state index contributed by atoms with van der Waals surface area (Å²) in [7, 11) is 3.08. The number of aliphatic hydroxyl groups is 1. The van der Waals surface area contributed by atoms with Gasteiger partial charge in [0.1, 0.15) is 0 Å². The summed E-state index contributed by atoms with van der Waals surface area (Å²) in [4.78, 5) is 10.5. The zero-order chi connectivity index (χ0) is 19.1. The monoisotopic (exact) mass is 364 g/mol. The molecule has 0 aromatic heterocycles. The Kier molecular flexibility index (Phi) is 6.80. The Morgan fingerprint density at radius 1 is 1.12 bits per heavy atom. The van der Waals surface area contributed by atoms with Gasteiger partial charge in [-0.15, -0.1) is 0 Å². The van der Waals surface area contributed by atoms with Gasteiger partial charge in [-0.25, -0.2) is 9.18 Å². The molecule has 0 heterocycles. The maximum absolute atomic E-state index is 14.4. The number of rotatable bonds is 9. The number of aliphatic carboxylic acids is 1. The Morgan fingerprint density at radius 3 is 2.50 bits per heavy atom. The summed E-state index contributed by atoms with van der Waals surface area (Å²) in [5, 5.41) is 18.9. The number of benzene rings is 2. The molecule has 0 fully saturated rings. The van der Waals surface area contributed by atoms with E-state index in [4.69, 9.17) is 19.3 Å². The van der Waals surface area contributed by atoms with E-state index in [1.54, 1.807) is 19.2 Å². The molecule has 2 N–H and O–H groups in total. The van der Waals surface area contributed by atoms with Crippen LogP contribution in [0.1, 0.15) is 23.7 Å². The van der Waals surface area contributed by atoms with E-state index in [2.05, 4.69) is 0 Å². The van der Waals surface area contributed by atoms with Crippen molar-refractivity contribution in [2.24, 2.45) is 0 Å². The second-order valence-electron chi connectivity index (χ2n) is 5.59. The van der Waals surface area contributed by atoms with Crippen molar-refractivity contribution in [1.29, 1.82) is 0 Å². The Hall–Kier alpha value is -2.80. The van der Waals surface area contributed by atoms with E-state index in [0.29, 0.717) is 17.9 Å². The van der Waals surface area contributed by atoms with Gasteiger partial charge in [0.15, 0.2) is 29.7 Å². The van der Waals surface area contributed by atoms with Gasteiger partial charge in [-0.05, 0) is 36.6 Å². The second kappa shape index (κ2) is 9.05. The third-order valence-electron chi connectivity index (χ3n) is 3.86. The van der Waals surface area contributed by atoms with Crippen LogP contribution in [-0.4, -0.2) is 37.0 Å². The van der Waals surface area contributed by atoms with Gasteiger partial charge in [0.2, 0.25) is 0 Å². The molecule has 1 atom stereocenters. The largest absolute Gasteiger partial charge is 0.493 e. The van der Waals surface area contributed by atoms with Crippen molar-refractivity contribution >= 4 is 5.97 Å². The van der Waals surface area contributed by atoms with Crippen molar-refractivity contribution in [2.45, 2.75) is 18.9 Å². The van der Waals surface area contributed by atoms with Crippen LogP contribution >= 0.6 is 0 Å². The minimum absolute atomic E-state index is 0.0633.